The highest BCUT2D eigenvalue weighted by atomic mass is 32.2. The summed E-state index contributed by atoms with van der Waals surface area (Å²) in [5, 5.41) is 3.13. The van der Waals surface area contributed by atoms with E-state index in [0.717, 1.165) is 43.3 Å². The summed E-state index contributed by atoms with van der Waals surface area (Å²) in [5.41, 5.74) is 1.73. The number of hydrogen-bond donors (Lipinski definition) is 1. The lowest BCUT2D eigenvalue weighted by molar-refractivity contribution is -0.122. The van der Waals surface area contributed by atoms with Crippen LogP contribution in [0.25, 0.3) is 0 Å². The molecular formula is C23H28N2O3S. The topological polar surface area (TPSA) is 58.6 Å². The van der Waals surface area contributed by atoms with Crippen molar-refractivity contribution < 1.29 is 14.3 Å². The van der Waals surface area contributed by atoms with E-state index in [4.69, 9.17) is 4.74 Å². The second-order valence-corrected chi connectivity index (χ2v) is 7.98. The van der Waals surface area contributed by atoms with Gasteiger partial charge in [-0.05, 0) is 24.0 Å². The molecule has 2 aromatic carbocycles. The van der Waals surface area contributed by atoms with Crippen molar-refractivity contribution in [2.24, 2.45) is 0 Å². The van der Waals surface area contributed by atoms with E-state index >= 15 is 0 Å². The number of thioether (sulfide) groups is 1. The number of ketones is 1. The molecule has 0 bridgehead atoms. The minimum Gasteiger partial charge on any atom is -0.379 e. The van der Waals surface area contributed by atoms with Gasteiger partial charge < -0.3 is 10.1 Å². The second kappa shape index (κ2) is 11.1. The number of ether oxygens (including phenoxy) is 1. The number of carbonyl (C=O) groups is 2. The van der Waals surface area contributed by atoms with Gasteiger partial charge >= 0.3 is 0 Å². The lowest BCUT2D eigenvalue weighted by atomic mass is 10.0. The highest BCUT2D eigenvalue weighted by molar-refractivity contribution is 7.98. The highest BCUT2D eigenvalue weighted by Gasteiger charge is 2.20. The lowest BCUT2D eigenvalue weighted by Gasteiger charge is -2.31. The molecule has 1 unspecified atom stereocenters. The van der Waals surface area contributed by atoms with E-state index in [9.17, 15) is 9.59 Å². The van der Waals surface area contributed by atoms with Gasteiger partial charge in [0.05, 0.1) is 19.3 Å². The Labute approximate surface area is 176 Å². The first kappa shape index (κ1) is 21.6. The summed E-state index contributed by atoms with van der Waals surface area (Å²) in [5.74, 6) is -0.0987. The molecule has 6 heteroatoms. The van der Waals surface area contributed by atoms with Crippen LogP contribution in [0.2, 0.25) is 0 Å². The largest absolute Gasteiger partial charge is 0.379 e. The first-order valence-electron chi connectivity index (χ1n) is 9.97. The van der Waals surface area contributed by atoms with Crippen LogP contribution in [0.4, 0.5) is 0 Å². The number of amides is 1. The molecule has 1 aliphatic heterocycles. The summed E-state index contributed by atoms with van der Waals surface area (Å²) in [4.78, 5) is 28.4. The maximum atomic E-state index is 12.6. The minimum absolute atomic E-state index is 0.00255. The van der Waals surface area contributed by atoms with Crippen LogP contribution < -0.4 is 5.32 Å². The molecule has 1 heterocycles. The molecule has 0 spiro atoms. The van der Waals surface area contributed by atoms with Gasteiger partial charge in [-0.25, -0.2) is 0 Å². The summed E-state index contributed by atoms with van der Waals surface area (Å²) in [6, 6.07) is 17.4. The van der Waals surface area contributed by atoms with Gasteiger partial charge in [-0.2, -0.15) is 0 Å². The fraction of sp³-hybridized carbons (Fsp3) is 0.391. The smallest absolute Gasteiger partial charge is 0.220 e. The average molecular weight is 413 g/mol. The summed E-state index contributed by atoms with van der Waals surface area (Å²) in [6.07, 6.45) is 2.40. The quantitative estimate of drug-likeness (QED) is 0.504. The zero-order valence-corrected chi connectivity index (χ0v) is 17.6. The normalized spacial score (nSPS) is 15.6. The van der Waals surface area contributed by atoms with Crippen LogP contribution in [0.5, 0.6) is 0 Å². The first-order chi connectivity index (χ1) is 14.2. The third-order valence-electron chi connectivity index (χ3n) is 5.07. The van der Waals surface area contributed by atoms with Crippen LogP contribution in [0.15, 0.2) is 59.5 Å². The summed E-state index contributed by atoms with van der Waals surface area (Å²) >= 11 is 1.64. The van der Waals surface area contributed by atoms with Crippen molar-refractivity contribution in [3.05, 3.63) is 65.7 Å². The van der Waals surface area contributed by atoms with E-state index in [1.165, 1.54) is 0 Å². The fourth-order valence-corrected chi connectivity index (χ4v) is 3.78. The van der Waals surface area contributed by atoms with Gasteiger partial charge in [0, 0.05) is 42.9 Å². The van der Waals surface area contributed by atoms with Gasteiger partial charge in [0.2, 0.25) is 5.91 Å². The number of benzene rings is 2. The minimum atomic E-state index is -0.0993. The zero-order valence-electron chi connectivity index (χ0n) is 16.8. The zero-order chi connectivity index (χ0) is 20.5. The van der Waals surface area contributed by atoms with E-state index in [-0.39, 0.29) is 30.6 Å². The lowest BCUT2D eigenvalue weighted by Crippen LogP contribution is -2.43. The predicted molar refractivity (Wildman–Crippen MR) is 116 cm³/mol. The Balaban J connectivity index is 1.56. The Bertz CT molecular complexity index is 790. The van der Waals surface area contributed by atoms with Crippen molar-refractivity contribution in [1.82, 2.24) is 10.2 Å². The van der Waals surface area contributed by atoms with E-state index in [1.807, 2.05) is 60.9 Å². The molecule has 1 N–H and O–H groups in total. The Kier molecular flexibility index (Phi) is 8.28. The van der Waals surface area contributed by atoms with E-state index in [2.05, 4.69) is 10.2 Å². The molecule has 0 aromatic heterocycles. The van der Waals surface area contributed by atoms with Gasteiger partial charge in [0.15, 0.2) is 5.78 Å². The maximum Gasteiger partial charge on any atom is 0.220 e. The molecule has 3 rings (SSSR count). The highest BCUT2D eigenvalue weighted by Crippen LogP contribution is 2.18. The summed E-state index contributed by atoms with van der Waals surface area (Å²) < 4.78 is 5.42. The van der Waals surface area contributed by atoms with Crippen molar-refractivity contribution in [3.63, 3.8) is 0 Å². The summed E-state index contributed by atoms with van der Waals surface area (Å²) in [6.45, 7) is 3.91. The molecule has 1 atom stereocenters. The molecule has 1 fully saturated rings. The molecular weight excluding hydrogens is 384 g/mol. The summed E-state index contributed by atoms with van der Waals surface area (Å²) in [7, 11) is 0. The van der Waals surface area contributed by atoms with Gasteiger partial charge in [-0.3, -0.25) is 14.5 Å². The molecule has 5 nitrogen and oxygen atoms in total. The predicted octanol–water partition coefficient (Wildman–Crippen LogP) is 3.56. The Morgan fingerprint density at radius 3 is 2.38 bits per heavy atom. The number of Topliss-reactive ketones (excluding diaryl/α,β-unsaturated/α-hetero) is 1. The van der Waals surface area contributed by atoms with Crippen LogP contribution in [0.1, 0.15) is 34.8 Å². The van der Waals surface area contributed by atoms with Gasteiger partial charge in [-0.1, -0.05) is 42.5 Å². The van der Waals surface area contributed by atoms with Crippen molar-refractivity contribution in [1.29, 1.82) is 0 Å². The Morgan fingerprint density at radius 1 is 1.03 bits per heavy atom. The SMILES string of the molecule is CSc1ccc(C(=O)CCC(=O)NC(CN2CCOCC2)c2ccccc2)cc1. The van der Waals surface area contributed by atoms with Gasteiger partial charge in [0.25, 0.3) is 0 Å². The monoisotopic (exact) mass is 412 g/mol. The molecule has 29 heavy (non-hydrogen) atoms. The third-order valence-corrected chi connectivity index (χ3v) is 5.82. The van der Waals surface area contributed by atoms with E-state index in [1.54, 1.807) is 11.8 Å². The Morgan fingerprint density at radius 2 is 1.72 bits per heavy atom. The second-order valence-electron chi connectivity index (χ2n) is 7.10. The number of morpholine rings is 1. The molecule has 0 saturated carbocycles. The molecule has 1 saturated heterocycles. The van der Waals surface area contributed by atoms with Crippen LogP contribution in [0.3, 0.4) is 0 Å². The van der Waals surface area contributed by atoms with Gasteiger partial charge in [-0.15, -0.1) is 11.8 Å². The number of carbonyl (C=O) groups excluding carboxylic acids is 2. The van der Waals surface area contributed by atoms with Crippen LogP contribution in [-0.4, -0.2) is 55.7 Å². The first-order valence-corrected chi connectivity index (χ1v) is 11.2. The molecule has 0 radical (unpaired) electrons. The van der Waals surface area contributed by atoms with Crippen LogP contribution >= 0.6 is 11.8 Å². The molecule has 154 valence electrons. The number of hydrogen-bond acceptors (Lipinski definition) is 5. The van der Waals surface area contributed by atoms with E-state index in [0.29, 0.717) is 5.56 Å². The average Bonchev–Trinajstić information content (AvgIpc) is 2.78. The van der Waals surface area contributed by atoms with Crippen molar-refractivity contribution in [2.45, 2.75) is 23.8 Å². The molecule has 0 aliphatic carbocycles. The van der Waals surface area contributed by atoms with Crippen molar-refractivity contribution in [3.8, 4) is 0 Å². The number of nitrogens with one attached hydrogen (secondary N) is 1. The molecule has 1 amide bonds. The number of nitrogens with zero attached hydrogens (tertiary/aromatic N) is 1. The maximum absolute atomic E-state index is 12.6. The standard InChI is InChI=1S/C23H28N2O3S/c1-29-20-9-7-19(8-10-20)22(26)11-12-23(27)24-21(18-5-3-2-4-6-18)17-25-13-15-28-16-14-25/h2-10,21H,11-17H2,1H3,(H,24,27). The van der Waals surface area contributed by atoms with Gasteiger partial charge in [0.1, 0.15) is 0 Å². The van der Waals surface area contributed by atoms with Crippen LogP contribution in [-0.2, 0) is 9.53 Å². The molecule has 1 aliphatic rings. The van der Waals surface area contributed by atoms with Crippen molar-refractivity contribution in [2.75, 3.05) is 39.1 Å². The van der Waals surface area contributed by atoms with Crippen molar-refractivity contribution >= 4 is 23.5 Å². The fourth-order valence-electron chi connectivity index (χ4n) is 3.38. The number of rotatable bonds is 9. The third kappa shape index (κ3) is 6.70. The molecule has 2 aromatic rings. The van der Waals surface area contributed by atoms with Crippen LogP contribution in [0, 0.1) is 0 Å². The Hall–Kier alpha value is -2.15. The van der Waals surface area contributed by atoms with E-state index < -0.39 is 0 Å².